The van der Waals surface area contributed by atoms with Gasteiger partial charge in [0, 0.05) is 6.04 Å². The fourth-order valence-electron chi connectivity index (χ4n) is 2.05. The van der Waals surface area contributed by atoms with Crippen molar-refractivity contribution in [3.05, 3.63) is 29.8 Å². The first-order chi connectivity index (χ1) is 9.46. The smallest absolute Gasteiger partial charge is 0.406 e. The van der Waals surface area contributed by atoms with Gasteiger partial charge in [0.05, 0.1) is 0 Å². The van der Waals surface area contributed by atoms with E-state index in [9.17, 15) is 13.2 Å². The van der Waals surface area contributed by atoms with E-state index in [0.717, 1.165) is 32.1 Å². The van der Waals surface area contributed by atoms with Gasteiger partial charge in [-0.3, -0.25) is 11.3 Å². The van der Waals surface area contributed by atoms with Crippen molar-refractivity contribution in [1.29, 1.82) is 0 Å². The van der Waals surface area contributed by atoms with Crippen LogP contribution in [-0.4, -0.2) is 6.36 Å². The molecule has 0 aliphatic heterocycles. The first kappa shape index (κ1) is 16.8. The van der Waals surface area contributed by atoms with Crippen LogP contribution in [0, 0.1) is 0 Å². The Balaban J connectivity index is 2.65. The Kier molecular flexibility index (Phi) is 6.81. The zero-order valence-electron chi connectivity index (χ0n) is 11.5. The second-order valence-corrected chi connectivity index (χ2v) is 4.69. The van der Waals surface area contributed by atoms with Crippen LogP contribution in [0.4, 0.5) is 13.2 Å². The monoisotopic (exact) mass is 290 g/mol. The first-order valence-corrected chi connectivity index (χ1v) is 6.78. The fourth-order valence-corrected chi connectivity index (χ4v) is 2.05. The summed E-state index contributed by atoms with van der Waals surface area (Å²) >= 11 is 0. The predicted octanol–water partition coefficient (Wildman–Crippen LogP) is 4.06. The molecule has 0 fully saturated rings. The summed E-state index contributed by atoms with van der Waals surface area (Å²) in [5.74, 6) is 5.27. The minimum atomic E-state index is -4.68. The summed E-state index contributed by atoms with van der Waals surface area (Å²) in [7, 11) is 0. The van der Waals surface area contributed by atoms with Gasteiger partial charge in [-0.2, -0.15) is 0 Å². The zero-order chi connectivity index (χ0) is 15.0. The molecule has 3 nitrogen and oxygen atoms in total. The minimum Gasteiger partial charge on any atom is -0.406 e. The maximum absolute atomic E-state index is 12.2. The second kappa shape index (κ2) is 8.11. The number of nitrogens with two attached hydrogens (primary N) is 1. The van der Waals surface area contributed by atoms with Crippen LogP contribution in [0.2, 0.25) is 0 Å². The molecular formula is C14H21F3N2O. The van der Waals surface area contributed by atoms with Gasteiger partial charge in [-0.15, -0.1) is 13.2 Å². The summed E-state index contributed by atoms with van der Waals surface area (Å²) < 4.78 is 40.5. The maximum Gasteiger partial charge on any atom is 0.573 e. The maximum atomic E-state index is 12.2. The Hall–Kier alpha value is -1.27. The number of hydrogen-bond donors (Lipinski definition) is 2. The third-order valence-corrected chi connectivity index (χ3v) is 3.04. The zero-order valence-corrected chi connectivity index (χ0v) is 11.5. The molecule has 1 aromatic carbocycles. The lowest BCUT2D eigenvalue weighted by Gasteiger charge is -2.17. The van der Waals surface area contributed by atoms with E-state index in [4.69, 9.17) is 5.84 Å². The van der Waals surface area contributed by atoms with Gasteiger partial charge in [-0.1, -0.05) is 44.7 Å². The third kappa shape index (κ3) is 6.25. The average molecular weight is 290 g/mol. The molecule has 1 aromatic rings. The van der Waals surface area contributed by atoms with Crippen molar-refractivity contribution in [2.24, 2.45) is 5.84 Å². The van der Waals surface area contributed by atoms with Crippen LogP contribution in [0.25, 0.3) is 0 Å². The quantitative estimate of drug-likeness (QED) is 0.431. The van der Waals surface area contributed by atoms with Gasteiger partial charge < -0.3 is 4.74 Å². The minimum absolute atomic E-state index is 0.163. The molecule has 1 atom stereocenters. The summed E-state index contributed by atoms with van der Waals surface area (Å²) in [4.78, 5) is 0. The number of alkyl halides is 3. The van der Waals surface area contributed by atoms with Gasteiger partial charge >= 0.3 is 6.36 Å². The molecule has 1 rings (SSSR count). The Morgan fingerprint density at radius 2 is 2.00 bits per heavy atom. The SMILES string of the molecule is CCCCCCC(NN)c1cccc(OC(F)(F)F)c1. The number of nitrogens with one attached hydrogen (secondary N) is 1. The van der Waals surface area contributed by atoms with Crippen LogP contribution >= 0.6 is 0 Å². The van der Waals surface area contributed by atoms with Crippen molar-refractivity contribution in [2.45, 2.75) is 51.4 Å². The van der Waals surface area contributed by atoms with Gasteiger partial charge in [-0.05, 0) is 24.1 Å². The van der Waals surface area contributed by atoms with E-state index < -0.39 is 6.36 Å². The van der Waals surface area contributed by atoms with E-state index in [1.807, 2.05) is 0 Å². The van der Waals surface area contributed by atoms with Crippen LogP contribution in [0.1, 0.15) is 50.6 Å². The number of hydrazine groups is 1. The Bertz CT molecular complexity index is 396. The molecule has 3 N–H and O–H groups in total. The van der Waals surface area contributed by atoms with Crippen molar-refractivity contribution in [2.75, 3.05) is 0 Å². The van der Waals surface area contributed by atoms with Gasteiger partial charge in [-0.25, -0.2) is 0 Å². The molecule has 0 radical (unpaired) electrons. The summed E-state index contributed by atoms with van der Waals surface area (Å²) in [6.45, 7) is 2.12. The van der Waals surface area contributed by atoms with Crippen molar-refractivity contribution >= 4 is 0 Å². The molecule has 0 heterocycles. The molecule has 0 amide bonds. The first-order valence-electron chi connectivity index (χ1n) is 6.78. The largest absolute Gasteiger partial charge is 0.573 e. The molecule has 0 aliphatic carbocycles. The lowest BCUT2D eigenvalue weighted by Crippen LogP contribution is -2.28. The number of unbranched alkanes of at least 4 members (excludes halogenated alkanes) is 3. The molecule has 0 aliphatic rings. The number of hydrogen-bond acceptors (Lipinski definition) is 3. The van der Waals surface area contributed by atoms with E-state index in [0.29, 0.717) is 5.56 Å². The molecule has 0 saturated heterocycles. The van der Waals surface area contributed by atoms with Crippen molar-refractivity contribution in [3.8, 4) is 5.75 Å². The highest BCUT2D eigenvalue weighted by atomic mass is 19.4. The molecule has 0 spiro atoms. The predicted molar refractivity (Wildman–Crippen MR) is 71.9 cm³/mol. The molecular weight excluding hydrogens is 269 g/mol. The van der Waals surface area contributed by atoms with Crippen LogP contribution < -0.4 is 16.0 Å². The highest BCUT2D eigenvalue weighted by Gasteiger charge is 2.31. The van der Waals surface area contributed by atoms with E-state index in [-0.39, 0.29) is 11.8 Å². The summed E-state index contributed by atoms with van der Waals surface area (Å²) in [5, 5.41) is 0. The second-order valence-electron chi connectivity index (χ2n) is 4.69. The molecule has 0 bridgehead atoms. The molecule has 0 saturated carbocycles. The fraction of sp³-hybridized carbons (Fsp3) is 0.571. The average Bonchev–Trinajstić information content (AvgIpc) is 2.37. The summed E-state index contributed by atoms with van der Waals surface area (Å²) in [6.07, 6.45) is 0.460. The van der Waals surface area contributed by atoms with E-state index in [1.54, 1.807) is 6.07 Å². The van der Waals surface area contributed by atoms with E-state index >= 15 is 0 Å². The van der Waals surface area contributed by atoms with Gasteiger partial charge in [0.25, 0.3) is 0 Å². The topological polar surface area (TPSA) is 47.3 Å². The Labute approximate surface area is 117 Å². The van der Waals surface area contributed by atoms with Crippen LogP contribution in [0.5, 0.6) is 5.75 Å². The normalized spacial score (nSPS) is 13.2. The Morgan fingerprint density at radius 3 is 2.60 bits per heavy atom. The lowest BCUT2D eigenvalue weighted by molar-refractivity contribution is -0.274. The van der Waals surface area contributed by atoms with Crippen LogP contribution in [0.15, 0.2) is 24.3 Å². The highest BCUT2D eigenvalue weighted by Crippen LogP contribution is 2.27. The van der Waals surface area contributed by atoms with Crippen LogP contribution in [-0.2, 0) is 0 Å². The van der Waals surface area contributed by atoms with Crippen molar-refractivity contribution < 1.29 is 17.9 Å². The lowest BCUT2D eigenvalue weighted by atomic mass is 10.0. The Morgan fingerprint density at radius 1 is 1.25 bits per heavy atom. The molecule has 114 valence electrons. The third-order valence-electron chi connectivity index (χ3n) is 3.04. The summed E-state index contributed by atoms with van der Waals surface area (Å²) in [6, 6.07) is 5.77. The molecule has 6 heteroatoms. The van der Waals surface area contributed by atoms with Crippen molar-refractivity contribution in [3.63, 3.8) is 0 Å². The van der Waals surface area contributed by atoms with Gasteiger partial charge in [0.2, 0.25) is 0 Å². The number of halogens is 3. The van der Waals surface area contributed by atoms with Gasteiger partial charge in [0.15, 0.2) is 0 Å². The molecule has 20 heavy (non-hydrogen) atoms. The standard InChI is InChI=1S/C14H21F3N2O/c1-2-3-4-5-9-13(19-18)11-7-6-8-12(10-11)20-14(15,16)17/h6-8,10,13,19H,2-5,9,18H2,1H3. The highest BCUT2D eigenvalue weighted by molar-refractivity contribution is 5.30. The van der Waals surface area contributed by atoms with E-state index in [2.05, 4.69) is 17.1 Å². The number of rotatable bonds is 8. The molecule has 1 unspecified atom stereocenters. The number of ether oxygens (including phenoxy) is 1. The van der Waals surface area contributed by atoms with E-state index in [1.165, 1.54) is 18.2 Å². The van der Waals surface area contributed by atoms with Gasteiger partial charge in [0.1, 0.15) is 5.75 Å². The van der Waals surface area contributed by atoms with Crippen LogP contribution in [0.3, 0.4) is 0 Å². The molecule has 0 aromatic heterocycles. The van der Waals surface area contributed by atoms with Crippen molar-refractivity contribution in [1.82, 2.24) is 5.43 Å². The summed E-state index contributed by atoms with van der Waals surface area (Å²) in [5.41, 5.74) is 3.35. The number of benzene rings is 1.